The minimum absolute atomic E-state index is 0.109. The number of methoxy groups -OCH3 is 1. The average molecular weight is 222 g/mol. The van der Waals surface area contributed by atoms with Gasteiger partial charge in [0.15, 0.2) is 5.75 Å². The zero-order valence-electron chi connectivity index (χ0n) is 8.67. The highest BCUT2D eigenvalue weighted by atomic mass is 16.6. The highest BCUT2D eigenvalue weighted by molar-refractivity contribution is 5.96. The van der Waals surface area contributed by atoms with E-state index in [1.54, 1.807) is 4.90 Å². The predicted octanol–water partition coefficient (Wildman–Crippen LogP) is 1.06. The fourth-order valence-corrected chi connectivity index (χ4v) is 1.40. The molecule has 0 aromatic heterocycles. The van der Waals surface area contributed by atoms with Crippen molar-refractivity contribution in [2.45, 2.75) is 0 Å². The van der Waals surface area contributed by atoms with Crippen LogP contribution in [0.1, 0.15) is 10.4 Å². The Morgan fingerprint density at radius 3 is 2.69 bits per heavy atom. The molecule has 1 heterocycles. The van der Waals surface area contributed by atoms with Gasteiger partial charge < -0.3 is 9.64 Å². The van der Waals surface area contributed by atoms with Crippen LogP contribution in [0.4, 0.5) is 5.69 Å². The first-order chi connectivity index (χ1) is 7.63. The Bertz CT molecular complexity index is 454. The van der Waals surface area contributed by atoms with Gasteiger partial charge in [0, 0.05) is 30.8 Å². The molecule has 1 fully saturated rings. The molecule has 0 radical (unpaired) electrons. The lowest BCUT2D eigenvalue weighted by atomic mass is 10.2. The second-order valence-corrected chi connectivity index (χ2v) is 3.44. The Morgan fingerprint density at radius 1 is 1.50 bits per heavy atom. The van der Waals surface area contributed by atoms with Crippen molar-refractivity contribution in [3.8, 4) is 5.75 Å². The zero-order chi connectivity index (χ0) is 11.7. The minimum Gasteiger partial charge on any atom is -0.490 e. The Balaban J connectivity index is 2.35. The van der Waals surface area contributed by atoms with Crippen LogP contribution >= 0.6 is 0 Å². The van der Waals surface area contributed by atoms with Crippen LogP contribution < -0.4 is 4.74 Å². The number of nitrogens with zero attached hydrogens (tertiary/aromatic N) is 2. The normalized spacial score (nSPS) is 13.4. The van der Waals surface area contributed by atoms with Gasteiger partial charge in [0.2, 0.25) is 0 Å². The van der Waals surface area contributed by atoms with E-state index in [-0.39, 0.29) is 17.3 Å². The number of carbonyl (C=O) groups excluding carboxylic acids is 1. The molecule has 1 aromatic rings. The first-order valence-electron chi connectivity index (χ1n) is 4.75. The van der Waals surface area contributed by atoms with Gasteiger partial charge in [-0.15, -0.1) is 0 Å². The highest BCUT2D eigenvalue weighted by Crippen LogP contribution is 2.28. The number of hydrogen-bond acceptors (Lipinski definition) is 4. The first-order valence-corrected chi connectivity index (χ1v) is 4.75. The maximum Gasteiger partial charge on any atom is 0.310 e. The number of ether oxygens (including phenoxy) is 1. The number of hydrogen-bond donors (Lipinski definition) is 0. The third kappa shape index (κ3) is 1.81. The fraction of sp³-hybridized carbons (Fsp3) is 0.300. The second kappa shape index (κ2) is 3.80. The molecule has 2 rings (SSSR count). The van der Waals surface area contributed by atoms with E-state index in [0.717, 1.165) is 13.1 Å². The summed E-state index contributed by atoms with van der Waals surface area (Å²) in [6.45, 7) is 1.50. The number of carbonyl (C=O) groups is 1. The van der Waals surface area contributed by atoms with E-state index >= 15 is 0 Å². The minimum atomic E-state index is -0.537. The largest absolute Gasteiger partial charge is 0.490 e. The summed E-state index contributed by atoms with van der Waals surface area (Å²) in [5.74, 6) is -0.00843. The van der Waals surface area contributed by atoms with Crippen LogP contribution in [0, 0.1) is 10.1 Å². The summed E-state index contributed by atoms with van der Waals surface area (Å²) in [5.41, 5.74) is 0.282. The summed E-state index contributed by atoms with van der Waals surface area (Å²) in [6.07, 6.45) is 0. The Labute approximate surface area is 91.6 Å². The maximum absolute atomic E-state index is 11.7. The molecule has 0 unspecified atom stereocenters. The van der Waals surface area contributed by atoms with E-state index in [1.165, 1.54) is 25.3 Å². The molecule has 0 aliphatic carbocycles. The van der Waals surface area contributed by atoms with Crippen LogP contribution in [0.25, 0.3) is 0 Å². The summed E-state index contributed by atoms with van der Waals surface area (Å²) < 4.78 is 4.89. The van der Waals surface area contributed by atoms with Crippen LogP contribution in [0.2, 0.25) is 0 Å². The molecular formula is C10H10N2O4. The van der Waals surface area contributed by atoms with E-state index in [1.807, 2.05) is 0 Å². The number of rotatable bonds is 3. The van der Waals surface area contributed by atoms with Crippen molar-refractivity contribution in [1.82, 2.24) is 4.90 Å². The molecule has 0 atom stereocenters. The first kappa shape index (κ1) is 10.4. The molecule has 16 heavy (non-hydrogen) atoms. The fourth-order valence-electron chi connectivity index (χ4n) is 1.40. The Kier molecular flexibility index (Phi) is 2.47. The lowest BCUT2D eigenvalue weighted by Crippen LogP contribution is -2.10. The van der Waals surface area contributed by atoms with Crippen molar-refractivity contribution in [1.29, 1.82) is 0 Å². The van der Waals surface area contributed by atoms with Gasteiger partial charge in [-0.3, -0.25) is 14.9 Å². The van der Waals surface area contributed by atoms with Crippen LogP contribution in [-0.2, 0) is 0 Å². The van der Waals surface area contributed by atoms with Crippen LogP contribution in [-0.4, -0.2) is 35.9 Å². The molecule has 0 saturated carbocycles. The van der Waals surface area contributed by atoms with Gasteiger partial charge in [-0.25, -0.2) is 0 Å². The van der Waals surface area contributed by atoms with Crippen molar-refractivity contribution in [3.05, 3.63) is 33.9 Å². The van der Waals surface area contributed by atoms with E-state index in [9.17, 15) is 14.9 Å². The van der Waals surface area contributed by atoms with E-state index in [4.69, 9.17) is 4.74 Å². The predicted molar refractivity (Wildman–Crippen MR) is 55.6 cm³/mol. The molecular weight excluding hydrogens is 212 g/mol. The summed E-state index contributed by atoms with van der Waals surface area (Å²) in [4.78, 5) is 23.4. The summed E-state index contributed by atoms with van der Waals surface area (Å²) in [7, 11) is 1.34. The molecule has 0 N–H and O–H groups in total. The third-order valence-electron chi connectivity index (χ3n) is 2.36. The van der Waals surface area contributed by atoms with Gasteiger partial charge in [-0.2, -0.15) is 0 Å². The van der Waals surface area contributed by atoms with Gasteiger partial charge in [0.1, 0.15) is 0 Å². The molecule has 84 valence electrons. The molecule has 1 amide bonds. The van der Waals surface area contributed by atoms with Crippen LogP contribution in [0.3, 0.4) is 0 Å². The number of amides is 1. The van der Waals surface area contributed by atoms with Gasteiger partial charge in [-0.1, -0.05) is 0 Å². The molecule has 0 bridgehead atoms. The van der Waals surface area contributed by atoms with E-state index in [0.29, 0.717) is 5.56 Å². The van der Waals surface area contributed by atoms with Crippen molar-refractivity contribution in [2.75, 3.05) is 20.2 Å². The average Bonchev–Trinajstić information content (AvgIpc) is 3.10. The van der Waals surface area contributed by atoms with Crippen molar-refractivity contribution < 1.29 is 14.5 Å². The molecule has 0 spiro atoms. The molecule has 1 aromatic carbocycles. The molecule has 1 aliphatic rings. The number of nitro benzene ring substituents is 1. The molecule has 1 saturated heterocycles. The smallest absolute Gasteiger partial charge is 0.310 e. The lowest BCUT2D eigenvalue weighted by Gasteiger charge is -2.05. The molecule has 6 nitrogen and oxygen atoms in total. The summed E-state index contributed by atoms with van der Waals surface area (Å²) >= 11 is 0. The lowest BCUT2D eigenvalue weighted by molar-refractivity contribution is -0.385. The van der Waals surface area contributed by atoms with Gasteiger partial charge in [0.25, 0.3) is 5.91 Å². The van der Waals surface area contributed by atoms with Gasteiger partial charge in [-0.05, 0) is 6.07 Å². The van der Waals surface area contributed by atoms with Crippen molar-refractivity contribution >= 4 is 11.6 Å². The van der Waals surface area contributed by atoms with Gasteiger partial charge >= 0.3 is 5.69 Å². The van der Waals surface area contributed by atoms with E-state index < -0.39 is 4.92 Å². The highest BCUT2D eigenvalue weighted by Gasteiger charge is 2.27. The maximum atomic E-state index is 11.7. The SMILES string of the molecule is COc1cc(C(=O)N2CC2)ccc1[N+](=O)[O-]. The molecule has 1 aliphatic heterocycles. The van der Waals surface area contributed by atoms with Crippen LogP contribution in [0.5, 0.6) is 5.75 Å². The van der Waals surface area contributed by atoms with Crippen LogP contribution in [0.15, 0.2) is 18.2 Å². The van der Waals surface area contributed by atoms with Gasteiger partial charge in [0.05, 0.1) is 12.0 Å². The second-order valence-electron chi connectivity index (χ2n) is 3.44. The van der Waals surface area contributed by atoms with Crippen molar-refractivity contribution in [3.63, 3.8) is 0 Å². The topological polar surface area (TPSA) is 72.5 Å². The zero-order valence-corrected chi connectivity index (χ0v) is 8.67. The monoisotopic (exact) mass is 222 g/mol. The van der Waals surface area contributed by atoms with E-state index in [2.05, 4.69) is 0 Å². The Morgan fingerprint density at radius 2 is 2.19 bits per heavy atom. The Hall–Kier alpha value is -2.11. The standard InChI is InChI=1S/C10H10N2O4/c1-16-9-6-7(10(13)11-4-5-11)2-3-8(9)12(14)15/h2-3,6H,4-5H2,1H3. The quantitative estimate of drug-likeness (QED) is 0.435. The van der Waals surface area contributed by atoms with Crippen molar-refractivity contribution in [2.24, 2.45) is 0 Å². The summed E-state index contributed by atoms with van der Waals surface area (Å²) in [5, 5.41) is 10.6. The molecule has 6 heteroatoms. The third-order valence-corrected chi connectivity index (χ3v) is 2.36. The number of benzene rings is 1. The number of nitro groups is 1. The summed E-state index contributed by atoms with van der Waals surface area (Å²) in [6, 6.07) is 4.13.